The molecule has 1 aromatic carbocycles. The molecular weight excluding hydrogens is 371 g/mol. The Kier molecular flexibility index (Phi) is 5.38. The summed E-state index contributed by atoms with van der Waals surface area (Å²) in [4.78, 5) is 27.6. The average molecular weight is 394 g/mol. The molecule has 0 radical (unpaired) electrons. The molecule has 0 N–H and O–H groups in total. The van der Waals surface area contributed by atoms with Crippen LogP contribution in [0.3, 0.4) is 0 Å². The molecule has 0 spiro atoms. The molecule has 1 amide bonds. The highest BCUT2D eigenvalue weighted by Crippen LogP contribution is 2.24. The van der Waals surface area contributed by atoms with E-state index in [4.69, 9.17) is 4.74 Å². The first-order valence-corrected chi connectivity index (χ1v) is 9.78. The van der Waals surface area contributed by atoms with Crippen LogP contribution in [-0.2, 0) is 0 Å². The highest BCUT2D eigenvalue weighted by Gasteiger charge is 2.29. The number of likely N-dealkylation sites (tertiary alicyclic amines) is 1. The van der Waals surface area contributed by atoms with Gasteiger partial charge in [0.15, 0.2) is 11.6 Å². The van der Waals surface area contributed by atoms with Crippen LogP contribution in [0.1, 0.15) is 29.8 Å². The molecule has 29 heavy (non-hydrogen) atoms. The number of hydrogen-bond acceptors (Lipinski definition) is 5. The van der Waals surface area contributed by atoms with Gasteiger partial charge in [-0.05, 0) is 51.0 Å². The molecule has 1 saturated heterocycles. The number of nitrogens with zero attached hydrogens (tertiary/aromatic N) is 4. The van der Waals surface area contributed by atoms with Crippen molar-refractivity contribution in [2.24, 2.45) is 15.9 Å². The van der Waals surface area contributed by atoms with E-state index in [1.54, 1.807) is 17.0 Å². The van der Waals surface area contributed by atoms with Crippen molar-refractivity contribution in [3.05, 3.63) is 59.2 Å². The summed E-state index contributed by atoms with van der Waals surface area (Å²) < 4.78 is 19.0. The maximum Gasteiger partial charge on any atom is 0.415 e. The van der Waals surface area contributed by atoms with E-state index >= 15 is 0 Å². The van der Waals surface area contributed by atoms with Gasteiger partial charge in [0.1, 0.15) is 5.82 Å². The molecule has 1 aromatic heterocycles. The van der Waals surface area contributed by atoms with Crippen molar-refractivity contribution in [3.8, 4) is 5.75 Å². The summed E-state index contributed by atoms with van der Waals surface area (Å²) in [7, 11) is 0. The number of amides is 1. The summed E-state index contributed by atoms with van der Waals surface area (Å²) in [6.45, 7) is 5.48. The minimum atomic E-state index is -0.345. The van der Waals surface area contributed by atoms with E-state index in [2.05, 4.69) is 15.0 Å². The first kappa shape index (κ1) is 19.2. The molecule has 7 heteroatoms. The quantitative estimate of drug-likeness (QED) is 0.792. The third kappa shape index (κ3) is 4.34. The monoisotopic (exact) mass is 394 g/mol. The molecule has 0 bridgehead atoms. The maximum absolute atomic E-state index is 13.4. The minimum Gasteiger partial charge on any atom is -0.408 e. The van der Waals surface area contributed by atoms with Crippen molar-refractivity contribution in [1.82, 2.24) is 9.88 Å². The van der Waals surface area contributed by atoms with Crippen LogP contribution in [0.15, 0.2) is 46.4 Å². The first-order chi connectivity index (χ1) is 14.0. The number of aryl methyl sites for hydroxylation is 2. The summed E-state index contributed by atoms with van der Waals surface area (Å²) in [5.74, 6) is 1.07. The number of rotatable bonds is 3. The topological polar surface area (TPSA) is 67.2 Å². The highest BCUT2D eigenvalue weighted by molar-refractivity contribution is 6.12. The summed E-state index contributed by atoms with van der Waals surface area (Å²) in [5.41, 5.74) is 3.30. The van der Waals surface area contributed by atoms with Gasteiger partial charge in [-0.1, -0.05) is 12.1 Å². The van der Waals surface area contributed by atoms with Gasteiger partial charge >= 0.3 is 6.09 Å². The lowest BCUT2D eigenvalue weighted by molar-refractivity contribution is 0.137. The number of aromatic nitrogens is 1. The molecule has 3 heterocycles. The predicted molar refractivity (Wildman–Crippen MR) is 109 cm³/mol. The Hall–Kier alpha value is -3.09. The molecule has 2 aromatic rings. The number of piperidine rings is 1. The van der Waals surface area contributed by atoms with Crippen molar-refractivity contribution in [2.45, 2.75) is 26.7 Å². The summed E-state index contributed by atoms with van der Waals surface area (Å²) in [5, 5.41) is 0. The van der Waals surface area contributed by atoms with E-state index in [0.717, 1.165) is 24.2 Å². The van der Waals surface area contributed by atoms with Gasteiger partial charge in [0.2, 0.25) is 0 Å². The van der Waals surface area contributed by atoms with Gasteiger partial charge in [0.25, 0.3) is 0 Å². The number of carbonyl (C=O) groups is 1. The lowest BCUT2D eigenvalue weighted by Gasteiger charge is -2.31. The van der Waals surface area contributed by atoms with Crippen LogP contribution >= 0.6 is 0 Å². The average Bonchev–Trinajstić information content (AvgIpc) is 3.20. The van der Waals surface area contributed by atoms with Gasteiger partial charge in [-0.25, -0.2) is 14.2 Å². The summed E-state index contributed by atoms with van der Waals surface area (Å²) >= 11 is 0. The maximum atomic E-state index is 13.4. The number of aliphatic imine (C=N–C) groups is 2. The first-order valence-electron chi connectivity index (χ1n) is 9.78. The molecule has 0 unspecified atom stereocenters. The van der Waals surface area contributed by atoms with Crippen molar-refractivity contribution in [2.75, 3.05) is 19.6 Å². The molecule has 0 atom stereocenters. The zero-order chi connectivity index (χ0) is 20.4. The number of ether oxygens (including phenoxy) is 1. The third-order valence-electron chi connectivity index (χ3n) is 5.32. The molecule has 150 valence electrons. The molecule has 2 aliphatic heterocycles. The fraction of sp³-hybridized carbons (Fsp3) is 0.364. The molecule has 4 rings (SSSR count). The van der Waals surface area contributed by atoms with Gasteiger partial charge in [0, 0.05) is 36.0 Å². The zero-order valence-electron chi connectivity index (χ0n) is 16.6. The highest BCUT2D eigenvalue weighted by atomic mass is 19.1. The van der Waals surface area contributed by atoms with Gasteiger partial charge in [0.05, 0.1) is 12.2 Å². The SMILES string of the molecule is Cc1ccc(OC(=O)N2CCC(C3=NC(c4cccc(F)c4)=NC3)CC2)c(C)n1. The van der Waals surface area contributed by atoms with Crippen LogP contribution in [0.5, 0.6) is 5.75 Å². The van der Waals surface area contributed by atoms with Crippen molar-refractivity contribution >= 4 is 17.6 Å². The van der Waals surface area contributed by atoms with Gasteiger partial charge < -0.3 is 9.64 Å². The van der Waals surface area contributed by atoms with E-state index in [1.807, 2.05) is 26.0 Å². The van der Waals surface area contributed by atoms with Crippen LogP contribution < -0.4 is 4.74 Å². The number of amidine groups is 1. The molecule has 1 fully saturated rings. The normalized spacial score (nSPS) is 17.1. The Morgan fingerprint density at radius 2 is 1.97 bits per heavy atom. The summed E-state index contributed by atoms with van der Waals surface area (Å²) in [6, 6.07) is 9.94. The second kappa shape index (κ2) is 8.11. The Morgan fingerprint density at radius 3 is 2.69 bits per heavy atom. The van der Waals surface area contributed by atoms with E-state index in [0.29, 0.717) is 42.5 Å². The lowest BCUT2D eigenvalue weighted by Crippen LogP contribution is -2.42. The molecule has 2 aliphatic rings. The molecular formula is C22H23FN4O2. The van der Waals surface area contributed by atoms with Crippen LogP contribution in [0.4, 0.5) is 9.18 Å². The smallest absolute Gasteiger partial charge is 0.408 e. The third-order valence-corrected chi connectivity index (χ3v) is 5.32. The number of hydrogen-bond donors (Lipinski definition) is 0. The lowest BCUT2D eigenvalue weighted by atomic mass is 9.92. The van der Waals surface area contributed by atoms with E-state index in [9.17, 15) is 9.18 Å². The van der Waals surface area contributed by atoms with Crippen LogP contribution in [0, 0.1) is 25.6 Å². The molecule has 6 nitrogen and oxygen atoms in total. The second-order valence-corrected chi connectivity index (χ2v) is 7.42. The van der Waals surface area contributed by atoms with Crippen molar-refractivity contribution < 1.29 is 13.9 Å². The zero-order valence-corrected chi connectivity index (χ0v) is 16.6. The fourth-order valence-corrected chi connectivity index (χ4v) is 3.70. The Morgan fingerprint density at radius 1 is 1.17 bits per heavy atom. The molecule has 0 saturated carbocycles. The number of benzene rings is 1. The van der Waals surface area contributed by atoms with E-state index < -0.39 is 0 Å². The molecule has 0 aliphatic carbocycles. The van der Waals surface area contributed by atoms with Crippen LogP contribution in [0.25, 0.3) is 0 Å². The minimum absolute atomic E-state index is 0.275. The largest absolute Gasteiger partial charge is 0.415 e. The van der Waals surface area contributed by atoms with Crippen molar-refractivity contribution in [1.29, 1.82) is 0 Å². The Bertz CT molecular complexity index is 994. The fourth-order valence-electron chi connectivity index (χ4n) is 3.70. The van der Waals surface area contributed by atoms with Crippen LogP contribution in [-0.4, -0.2) is 47.2 Å². The van der Waals surface area contributed by atoms with Crippen LogP contribution in [0.2, 0.25) is 0 Å². The standard InChI is InChI=1S/C22H23FN4O2/c1-14-6-7-20(15(2)25-14)29-22(28)27-10-8-16(9-11-27)19-13-24-21(26-19)17-4-3-5-18(23)12-17/h3-7,12,16H,8-11,13H2,1-2H3. The number of carbonyl (C=O) groups excluding carboxylic acids is 1. The van der Waals surface area contributed by atoms with E-state index in [-0.39, 0.29) is 17.8 Å². The van der Waals surface area contributed by atoms with Gasteiger partial charge in [-0.15, -0.1) is 0 Å². The number of halogens is 1. The van der Waals surface area contributed by atoms with Crippen molar-refractivity contribution in [3.63, 3.8) is 0 Å². The summed E-state index contributed by atoms with van der Waals surface area (Å²) in [6.07, 6.45) is 1.28. The predicted octanol–water partition coefficient (Wildman–Crippen LogP) is 3.95. The van der Waals surface area contributed by atoms with Gasteiger partial charge in [-0.2, -0.15) is 0 Å². The Balaban J connectivity index is 1.34. The second-order valence-electron chi connectivity index (χ2n) is 7.42. The Labute approximate surface area is 169 Å². The van der Waals surface area contributed by atoms with Gasteiger partial charge in [-0.3, -0.25) is 9.98 Å². The van der Waals surface area contributed by atoms with E-state index in [1.165, 1.54) is 12.1 Å². The number of pyridine rings is 1.